The van der Waals surface area contributed by atoms with E-state index in [-0.39, 0.29) is 5.91 Å². The molecule has 0 saturated carbocycles. The summed E-state index contributed by atoms with van der Waals surface area (Å²) >= 11 is 0. The number of carbonyl (C=O) groups is 1. The lowest BCUT2D eigenvalue weighted by molar-refractivity contribution is -0.116. The molecule has 0 aliphatic rings. The first-order chi connectivity index (χ1) is 14.2. The van der Waals surface area contributed by atoms with Crippen LogP contribution in [0.1, 0.15) is 18.4 Å². The van der Waals surface area contributed by atoms with Gasteiger partial charge in [-0.1, -0.05) is 55.1 Å². The Labute approximate surface area is 171 Å². The van der Waals surface area contributed by atoms with Gasteiger partial charge in [-0.15, -0.1) is 5.11 Å². The van der Waals surface area contributed by atoms with E-state index in [9.17, 15) is 4.79 Å². The minimum Gasteiger partial charge on any atom is -0.491 e. The Morgan fingerprint density at radius 1 is 1.03 bits per heavy atom. The van der Waals surface area contributed by atoms with E-state index in [1.807, 2.05) is 67.6 Å². The predicted molar refractivity (Wildman–Crippen MR) is 117 cm³/mol. The van der Waals surface area contributed by atoms with Crippen LogP contribution in [-0.2, 0) is 4.79 Å². The number of amides is 1. The van der Waals surface area contributed by atoms with Crippen LogP contribution in [0.3, 0.4) is 0 Å². The number of fused-ring (bicyclic) bond motifs is 1. The van der Waals surface area contributed by atoms with Crippen LogP contribution in [0.4, 0.5) is 11.4 Å². The van der Waals surface area contributed by atoms with Gasteiger partial charge in [0, 0.05) is 11.9 Å². The van der Waals surface area contributed by atoms with Gasteiger partial charge < -0.3 is 10.1 Å². The van der Waals surface area contributed by atoms with Crippen LogP contribution in [0.5, 0.6) is 5.75 Å². The van der Waals surface area contributed by atoms with Gasteiger partial charge in [0.15, 0.2) is 0 Å². The molecule has 29 heavy (non-hydrogen) atoms. The van der Waals surface area contributed by atoms with Crippen LogP contribution in [0.2, 0.25) is 0 Å². The SMILES string of the molecule is C=CC(=O)NCCCCOc1ccc2ccccc2c1N=Nc1ccccc1C. The van der Waals surface area contributed by atoms with Crippen LogP contribution in [0.15, 0.2) is 83.5 Å². The lowest BCUT2D eigenvalue weighted by Crippen LogP contribution is -2.22. The Balaban J connectivity index is 1.75. The number of benzene rings is 3. The summed E-state index contributed by atoms with van der Waals surface area (Å²) in [5.74, 6) is 0.551. The molecular weight excluding hydrogens is 362 g/mol. The van der Waals surface area contributed by atoms with Gasteiger partial charge in [-0.05, 0) is 48.9 Å². The third-order valence-electron chi connectivity index (χ3n) is 4.55. The first-order valence-corrected chi connectivity index (χ1v) is 9.71. The van der Waals surface area contributed by atoms with E-state index in [4.69, 9.17) is 4.74 Å². The maximum atomic E-state index is 11.2. The first-order valence-electron chi connectivity index (χ1n) is 9.71. The maximum absolute atomic E-state index is 11.2. The van der Waals surface area contributed by atoms with E-state index in [1.54, 1.807) is 0 Å². The summed E-state index contributed by atoms with van der Waals surface area (Å²) in [5.41, 5.74) is 2.64. The molecule has 5 nitrogen and oxygen atoms in total. The highest BCUT2D eigenvalue weighted by Crippen LogP contribution is 2.37. The summed E-state index contributed by atoms with van der Waals surface area (Å²) in [5, 5.41) is 13.9. The van der Waals surface area contributed by atoms with Gasteiger partial charge in [-0.25, -0.2) is 0 Å². The Bertz CT molecular complexity index is 1030. The summed E-state index contributed by atoms with van der Waals surface area (Å²) in [4.78, 5) is 11.2. The first kappa shape index (κ1) is 20.3. The van der Waals surface area contributed by atoms with Crippen molar-refractivity contribution in [3.8, 4) is 5.75 Å². The van der Waals surface area contributed by atoms with Crippen molar-refractivity contribution in [2.24, 2.45) is 10.2 Å². The zero-order chi connectivity index (χ0) is 20.5. The van der Waals surface area contributed by atoms with Gasteiger partial charge in [0.2, 0.25) is 5.91 Å². The number of carbonyl (C=O) groups excluding carboxylic acids is 1. The average Bonchev–Trinajstić information content (AvgIpc) is 2.75. The van der Waals surface area contributed by atoms with Gasteiger partial charge >= 0.3 is 0 Å². The number of nitrogens with one attached hydrogen (secondary N) is 1. The average molecular weight is 387 g/mol. The van der Waals surface area contributed by atoms with E-state index in [0.717, 1.165) is 40.6 Å². The fraction of sp³-hybridized carbons (Fsp3) is 0.208. The normalized spacial score (nSPS) is 10.9. The molecule has 0 aliphatic carbocycles. The molecule has 0 aliphatic heterocycles. The largest absolute Gasteiger partial charge is 0.491 e. The second kappa shape index (κ2) is 10.2. The Morgan fingerprint density at radius 2 is 1.83 bits per heavy atom. The zero-order valence-electron chi connectivity index (χ0n) is 16.6. The Hall–Kier alpha value is -3.47. The molecule has 0 bridgehead atoms. The van der Waals surface area contributed by atoms with Crippen molar-refractivity contribution in [1.29, 1.82) is 0 Å². The molecule has 0 atom stereocenters. The number of azo groups is 1. The third-order valence-corrected chi connectivity index (χ3v) is 4.55. The zero-order valence-corrected chi connectivity index (χ0v) is 16.6. The van der Waals surface area contributed by atoms with Crippen LogP contribution in [-0.4, -0.2) is 19.1 Å². The molecule has 0 fully saturated rings. The second-order valence-electron chi connectivity index (χ2n) is 6.67. The molecular formula is C24H25N3O2. The van der Waals surface area contributed by atoms with Crippen molar-refractivity contribution in [2.45, 2.75) is 19.8 Å². The monoisotopic (exact) mass is 387 g/mol. The van der Waals surface area contributed by atoms with E-state index in [2.05, 4.69) is 22.1 Å². The van der Waals surface area contributed by atoms with Crippen LogP contribution in [0.25, 0.3) is 10.8 Å². The van der Waals surface area contributed by atoms with Crippen molar-refractivity contribution in [1.82, 2.24) is 5.32 Å². The Morgan fingerprint density at radius 3 is 2.66 bits per heavy atom. The highest BCUT2D eigenvalue weighted by molar-refractivity contribution is 5.95. The molecule has 0 radical (unpaired) electrons. The minimum absolute atomic E-state index is 0.153. The molecule has 1 N–H and O–H groups in total. The lowest BCUT2D eigenvalue weighted by atomic mass is 10.1. The minimum atomic E-state index is -0.153. The van der Waals surface area contributed by atoms with E-state index in [0.29, 0.717) is 18.9 Å². The number of hydrogen-bond donors (Lipinski definition) is 1. The highest BCUT2D eigenvalue weighted by atomic mass is 16.5. The number of hydrogen-bond acceptors (Lipinski definition) is 4. The van der Waals surface area contributed by atoms with E-state index < -0.39 is 0 Å². The van der Waals surface area contributed by atoms with Gasteiger partial charge in [0.25, 0.3) is 0 Å². The van der Waals surface area contributed by atoms with Crippen LogP contribution in [0, 0.1) is 6.92 Å². The molecule has 1 amide bonds. The fourth-order valence-electron chi connectivity index (χ4n) is 2.93. The molecule has 3 aromatic rings. The standard InChI is InChI=1S/C24H25N3O2/c1-3-23(28)25-16-8-9-17-29-22-15-14-19-11-5-6-12-20(19)24(22)27-26-21-13-7-4-10-18(21)2/h3-7,10-15H,1,8-9,16-17H2,2H3,(H,25,28). The topological polar surface area (TPSA) is 63.0 Å². The molecule has 0 saturated heterocycles. The molecule has 0 unspecified atom stereocenters. The number of unbranched alkanes of at least 4 members (excludes halogenated alkanes) is 1. The van der Waals surface area contributed by atoms with E-state index >= 15 is 0 Å². The predicted octanol–water partition coefficient (Wildman–Crippen LogP) is 6.02. The van der Waals surface area contributed by atoms with Gasteiger partial charge in [0.05, 0.1) is 12.3 Å². The molecule has 0 aromatic heterocycles. The van der Waals surface area contributed by atoms with Crippen molar-refractivity contribution in [3.05, 3.63) is 78.9 Å². The number of rotatable bonds is 9. The summed E-state index contributed by atoms with van der Waals surface area (Å²) in [7, 11) is 0. The molecule has 148 valence electrons. The fourth-order valence-corrected chi connectivity index (χ4v) is 2.93. The van der Waals surface area contributed by atoms with Crippen molar-refractivity contribution in [2.75, 3.05) is 13.2 Å². The highest BCUT2D eigenvalue weighted by Gasteiger charge is 2.09. The Kier molecular flexibility index (Phi) is 7.11. The second-order valence-corrected chi connectivity index (χ2v) is 6.67. The van der Waals surface area contributed by atoms with Gasteiger partial charge in [-0.3, -0.25) is 4.79 Å². The molecule has 3 aromatic carbocycles. The third kappa shape index (κ3) is 5.51. The van der Waals surface area contributed by atoms with Crippen molar-refractivity contribution >= 4 is 28.1 Å². The quantitative estimate of drug-likeness (QED) is 0.277. The summed E-state index contributed by atoms with van der Waals surface area (Å²) < 4.78 is 6.01. The van der Waals surface area contributed by atoms with Crippen molar-refractivity contribution < 1.29 is 9.53 Å². The summed E-state index contributed by atoms with van der Waals surface area (Å²) in [6.07, 6.45) is 2.92. The number of aryl methyl sites for hydroxylation is 1. The summed E-state index contributed by atoms with van der Waals surface area (Å²) in [6, 6.07) is 19.9. The number of nitrogens with zero attached hydrogens (tertiary/aromatic N) is 2. The smallest absolute Gasteiger partial charge is 0.243 e. The maximum Gasteiger partial charge on any atom is 0.243 e. The molecule has 5 heteroatoms. The summed E-state index contributed by atoms with van der Waals surface area (Å²) in [6.45, 7) is 6.59. The van der Waals surface area contributed by atoms with Crippen LogP contribution < -0.4 is 10.1 Å². The molecule has 0 heterocycles. The lowest BCUT2D eigenvalue weighted by Gasteiger charge is -2.11. The van der Waals surface area contributed by atoms with Crippen LogP contribution >= 0.6 is 0 Å². The molecule has 0 spiro atoms. The molecule has 3 rings (SSSR count). The number of ether oxygens (including phenoxy) is 1. The van der Waals surface area contributed by atoms with Crippen molar-refractivity contribution in [3.63, 3.8) is 0 Å². The van der Waals surface area contributed by atoms with E-state index in [1.165, 1.54) is 6.08 Å². The van der Waals surface area contributed by atoms with Gasteiger partial charge in [0.1, 0.15) is 11.4 Å². The van der Waals surface area contributed by atoms with Gasteiger partial charge in [-0.2, -0.15) is 5.11 Å².